The van der Waals surface area contributed by atoms with Gasteiger partial charge in [-0.1, -0.05) is 35.7 Å². The summed E-state index contributed by atoms with van der Waals surface area (Å²) in [4.78, 5) is 37.4. The minimum atomic E-state index is -0.127. The molecule has 0 aliphatic heterocycles. The molecular formula is C20H22N4O2S2. The van der Waals surface area contributed by atoms with Gasteiger partial charge in [0.1, 0.15) is 0 Å². The number of aromatic nitrogens is 4. The number of benzene rings is 1. The zero-order valence-electron chi connectivity index (χ0n) is 16.3. The Hall–Kier alpha value is -2.32. The molecule has 1 aromatic carbocycles. The number of thioether (sulfide) groups is 2. The maximum absolute atomic E-state index is 11.6. The van der Waals surface area contributed by atoms with E-state index in [4.69, 9.17) is 0 Å². The Balaban J connectivity index is 1.71. The summed E-state index contributed by atoms with van der Waals surface area (Å²) in [5.74, 6) is 1.47. The van der Waals surface area contributed by atoms with Crippen LogP contribution in [-0.2, 0) is 11.5 Å². The molecule has 0 spiro atoms. The fourth-order valence-corrected chi connectivity index (χ4v) is 4.75. The number of nitrogens with one attached hydrogen (secondary N) is 2. The van der Waals surface area contributed by atoms with Crippen LogP contribution in [0.1, 0.15) is 33.6 Å². The van der Waals surface area contributed by atoms with Crippen LogP contribution in [0, 0.1) is 27.7 Å². The van der Waals surface area contributed by atoms with E-state index in [9.17, 15) is 9.59 Å². The van der Waals surface area contributed by atoms with Gasteiger partial charge in [0.15, 0.2) is 10.3 Å². The lowest BCUT2D eigenvalue weighted by molar-refractivity contribution is 0.904. The van der Waals surface area contributed by atoms with Crippen molar-refractivity contribution in [2.45, 2.75) is 49.5 Å². The third-order valence-electron chi connectivity index (χ3n) is 4.22. The molecule has 3 aromatic rings. The molecule has 0 atom stereocenters. The highest BCUT2D eigenvalue weighted by Crippen LogP contribution is 2.27. The third-order valence-corrected chi connectivity index (χ3v) is 6.06. The molecule has 0 aliphatic carbocycles. The summed E-state index contributed by atoms with van der Waals surface area (Å²) in [5, 5.41) is 1.27. The summed E-state index contributed by atoms with van der Waals surface area (Å²) in [6, 6.07) is 7.33. The van der Waals surface area contributed by atoms with Crippen LogP contribution in [0.3, 0.4) is 0 Å². The van der Waals surface area contributed by atoms with Gasteiger partial charge in [0, 0.05) is 35.0 Å². The summed E-state index contributed by atoms with van der Waals surface area (Å²) in [5.41, 5.74) is 5.98. The Morgan fingerprint density at radius 3 is 1.46 bits per heavy atom. The number of aromatic amines is 2. The zero-order chi connectivity index (χ0) is 20.3. The van der Waals surface area contributed by atoms with Gasteiger partial charge in [-0.3, -0.25) is 9.59 Å². The summed E-state index contributed by atoms with van der Waals surface area (Å²) < 4.78 is 0. The highest BCUT2D eigenvalue weighted by molar-refractivity contribution is 7.98. The SMILES string of the molecule is Cc1cc(=O)[nH]c(SCc2cc(C)c(CSc3nc(C)cc(=O)[nH]3)cc2C)n1. The fourth-order valence-electron chi connectivity index (χ4n) is 2.78. The maximum Gasteiger partial charge on any atom is 0.251 e. The lowest BCUT2D eigenvalue weighted by atomic mass is 10.0. The summed E-state index contributed by atoms with van der Waals surface area (Å²) in [6.45, 7) is 7.81. The monoisotopic (exact) mass is 414 g/mol. The van der Waals surface area contributed by atoms with Crippen LogP contribution in [0.5, 0.6) is 0 Å². The molecule has 0 saturated heterocycles. The van der Waals surface area contributed by atoms with Crippen LogP contribution in [-0.4, -0.2) is 19.9 Å². The van der Waals surface area contributed by atoms with Crippen LogP contribution < -0.4 is 11.1 Å². The normalized spacial score (nSPS) is 11.0. The largest absolute Gasteiger partial charge is 0.301 e. The Morgan fingerprint density at radius 2 is 1.11 bits per heavy atom. The van der Waals surface area contributed by atoms with E-state index in [2.05, 4.69) is 45.9 Å². The van der Waals surface area contributed by atoms with Gasteiger partial charge < -0.3 is 9.97 Å². The molecule has 146 valence electrons. The van der Waals surface area contributed by atoms with E-state index in [1.165, 1.54) is 57.9 Å². The van der Waals surface area contributed by atoms with Gasteiger partial charge in [0.2, 0.25) is 0 Å². The molecule has 28 heavy (non-hydrogen) atoms. The van der Waals surface area contributed by atoms with Crippen LogP contribution in [0.4, 0.5) is 0 Å². The molecular weight excluding hydrogens is 392 g/mol. The van der Waals surface area contributed by atoms with E-state index in [0.29, 0.717) is 21.7 Å². The van der Waals surface area contributed by atoms with Crippen molar-refractivity contribution in [3.63, 3.8) is 0 Å². The molecule has 0 bridgehead atoms. The molecule has 0 amide bonds. The molecule has 8 heteroatoms. The predicted octanol–water partition coefficient (Wildman–Crippen LogP) is 3.67. The molecule has 2 N–H and O–H groups in total. The standard InChI is InChI=1S/C20H22N4O2S2/c1-11-5-16(10-28-20-22-14(4)8-18(26)24-20)12(2)6-15(11)9-27-19-21-13(3)7-17(25)23-19/h5-8H,9-10H2,1-4H3,(H,21,23,25)(H,22,24,26). The summed E-state index contributed by atoms with van der Waals surface area (Å²) >= 11 is 3.04. The van der Waals surface area contributed by atoms with Gasteiger partial charge in [-0.25, -0.2) is 9.97 Å². The smallest absolute Gasteiger partial charge is 0.251 e. The second-order valence-corrected chi connectivity index (χ2v) is 8.59. The summed E-state index contributed by atoms with van der Waals surface area (Å²) in [7, 11) is 0. The lowest BCUT2D eigenvalue weighted by Gasteiger charge is -2.12. The molecule has 0 aliphatic rings. The van der Waals surface area contributed by atoms with E-state index in [-0.39, 0.29) is 11.1 Å². The van der Waals surface area contributed by atoms with Crippen molar-refractivity contribution in [3.05, 3.63) is 78.6 Å². The van der Waals surface area contributed by atoms with Crippen molar-refractivity contribution < 1.29 is 0 Å². The van der Waals surface area contributed by atoms with Crippen molar-refractivity contribution in [2.24, 2.45) is 0 Å². The zero-order valence-corrected chi connectivity index (χ0v) is 17.9. The van der Waals surface area contributed by atoms with Gasteiger partial charge in [-0.2, -0.15) is 0 Å². The van der Waals surface area contributed by atoms with Crippen molar-refractivity contribution >= 4 is 23.5 Å². The van der Waals surface area contributed by atoms with E-state index in [0.717, 1.165) is 11.5 Å². The topological polar surface area (TPSA) is 91.5 Å². The number of hydrogen-bond acceptors (Lipinski definition) is 6. The van der Waals surface area contributed by atoms with Crippen molar-refractivity contribution in [2.75, 3.05) is 0 Å². The minimum absolute atomic E-state index is 0.127. The highest BCUT2D eigenvalue weighted by Gasteiger charge is 2.08. The van der Waals surface area contributed by atoms with Crippen molar-refractivity contribution in [3.8, 4) is 0 Å². The number of rotatable bonds is 6. The first-order valence-electron chi connectivity index (χ1n) is 8.80. The van der Waals surface area contributed by atoms with Gasteiger partial charge in [0.05, 0.1) is 0 Å². The molecule has 0 unspecified atom stereocenters. The number of H-pyrrole nitrogens is 2. The second kappa shape index (κ2) is 8.79. The Labute approximate surface area is 171 Å². The average Bonchev–Trinajstić information content (AvgIpc) is 2.59. The molecule has 0 radical (unpaired) electrons. The third kappa shape index (κ3) is 5.36. The Kier molecular flexibility index (Phi) is 6.41. The average molecular weight is 415 g/mol. The van der Waals surface area contributed by atoms with E-state index in [1.807, 2.05) is 13.8 Å². The quantitative estimate of drug-likeness (QED) is 0.472. The molecule has 0 saturated carbocycles. The molecule has 3 rings (SSSR count). The molecule has 2 aromatic heterocycles. The van der Waals surface area contributed by atoms with E-state index >= 15 is 0 Å². The van der Waals surface area contributed by atoms with Crippen molar-refractivity contribution in [1.29, 1.82) is 0 Å². The molecule has 6 nitrogen and oxygen atoms in total. The molecule has 0 fully saturated rings. The minimum Gasteiger partial charge on any atom is -0.301 e. The Bertz CT molecular complexity index is 1030. The van der Waals surface area contributed by atoms with E-state index < -0.39 is 0 Å². The fraction of sp³-hybridized carbons (Fsp3) is 0.300. The maximum atomic E-state index is 11.6. The van der Waals surface area contributed by atoms with Crippen LogP contribution >= 0.6 is 23.5 Å². The number of hydrogen-bond donors (Lipinski definition) is 2. The Morgan fingerprint density at radius 1 is 0.714 bits per heavy atom. The van der Waals surface area contributed by atoms with Crippen LogP contribution in [0.15, 0.2) is 44.2 Å². The second-order valence-electron chi connectivity index (χ2n) is 6.67. The summed E-state index contributed by atoms with van der Waals surface area (Å²) in [6.07, 6.45) is 0. The van der Waals surface area contributed by atoms with Crippen LogP contribution in [0.25, 0.3) is 0 Å². The lowest BCUT2D eigenvalue weighted by Crippen LogP contribution is -2.08. The highest BCUT2D eigenvalue weighted by atomic mass is 32.2. The number of nitrogens with zero attached hydrogens (tertiary/aromatic N) is 2. The predicted molar refractivity (Wildman–Crippen MR) is 114 cm³/mol. The van der Waals surface area contributed by atoms with Crippen LogP contribution in [0.2, 0.25) is 0 Å². The molecule has 2 heterocycles. The van der Waals surface area contributed by atoms with Crippen molar-refractivity contribution in [1.82, 2.24) is 19.9 Å². The number of aryl methyl sites for hydroxylation is 4. The first-order chi connectivity index (χ1) is 13.3. The van der Waals surface area contributed by atoms with E-state index in [1.54, 1.807) is 0 Å². The first kappa shape index (κ1) is 20.4. The van der Waals surface area contributed by atoms with Gasteiger partial charge in [0.25, 0.3) is 11.1 Å². The first-order valence-corrected chi connectivity index (χ1v) is 10.8. The van der Waals surface area contributed by atoms with Gasteiger partial charge in [-0.05, 0) is 49.9 Å². The van der Waals surface area contributed by atoms with Gasteiger partial charge >= 0.3 is 0 Å². The van der Waals surface area contributed by atoms with Gasteiger partial charge in [-0.15, -0.1) is 0 Å².